The summed E-state index contributed by atoms with van der Waals surface area (Å²) in [5.41, 5.74) is 8.12. The normalized spacial score (nSPS) is 17.5. The van der Waals surface area contributed by atoms with Gasteiger partial charge < -0.3 is 20.4 Å². The van der Waals surface area contributed by atoms with E-state index >= 15 is 0 Å². The van der Waals surface area contributed by atoms with Crippen LogP contribution in [0.15, 0.2) is 78.1 Å². The summed E-state index contributed by atoms with van der Waals surface area (Å²) in [5, 5.41) is 8.57. The van der Waals surface area contributed by atoms with Gasteiger partial charge in [0.15, 0.2) is 5.50 Å². The van der Waals surface area contributed by atoms with Gasteiger partial charge in [0.1, 0.15) is 0 Å². The molecule has 0 spiro atoms. The van der Waals surface area contributed by atoms with Gasteiger partial charge in [-0.15, -0.1) is 0 Å². The number of nitrogens with zero attached hydrogens (tertiary/aromatic N) is 3. The van der Waals surface area contributed by atoms with Crippen LogP contribution < -0.4 is 20.4 Å². The predicted octanol–water partition coefficient (Wildman–Crippen LogP) is 5.02. The van der Waals surface area contributed by atoms with E-state index in [1.807, 2.05) is 18.3 Å². The maximum atomic E-state index is 10.8. The SMILES string of the molecule is CC1=CSC(Nc2ccc(N3CCc4ccc(NC=O)cc4C3)cc2)N1c1cccnc1. The number of aromatic nitrogens is 1. The molecule has 1 unspecified atom stereocenters. The van der Waals surface area contributed by atoms with Gasteiger partial charge in [0, 0.05) is 42.0 Å². The highest BCUT2D eigenvalue weighted by Gasteiger charge is 2.26. The third kappa shape index (κ3) is 4.16. The fraction of sp³-hybridized carbons (Fsp3) is 0.200. The Hall–Kier alpha value is -3.45. The van der Waals surface area contributed by atoms with E-state index in [1.54, 1.807) is 18.0 Å². The van der Waals surface area contributed by atoms with Crippen LogP contribution >= 0.6 is 11.8 Å². The molecule has 0 saturated carbocycles. The number of anilines is 4. The summed E-state index contributed by atoms with van der Waals surface area (Å²) in [6.45, 7) is 3.94. The molecule has 2 aromatic carbocycles. The first kappa shape index (κ1) is 20.5. The largest absolute Gasteiger partial charge is 0.367 e. The number of thioether (sulfide) groups is 1. The van der Waals surface area contributed by atoms with Crippen LogP contribution in [0.1, 0.15) is 18.1 Å². The molecule has 1 amide bonds. The van der Waals surface area contributed by atoms with E-state index < -0.39 is 0 Å². The van der Waals surface area contributed by atoms with Gasteiger partial charge in [-0.1, -0.05) is 17.8 Å². The molecule has 2 N–H and O–H groups in total. The van der Waals surface area contributed by atoms with E-state index in [0.29, 0.717) is 0 Å². The Morgan fingerprint density at radius 2 is 1.91 bits per heavy atom. The van der Waals surface area contributed by atoms with Gasteiger partial charge in [-0.25, -0.2) is 0 Å². The molecule has 1 atom stereocenters. The summed E-state index contributed by atoms with van der Waals surface area (Å²) < 4.78 is 0. The van der Waals surface area contributed by atoms with Crippen molar-refractivity contribution < 1.29 is 4.79 Å². The van der Waals surface area contributed by atoms with Crippen molar-refractivity contribution in [2.24, 2.45) is 0 Å². The van der Waals surface area contributed by atoms with E-state index in [2.05, 4.69) is 80.2 Å². The number of nitrogens with one attached hydrogen (secondary N) is 2. The molecule has 5 rings (SSSR count). The quantitative estimate of drug-likeness (QED) is 0.522. The van der Waals surface area contributed by atoms with E-state index in [9.17, 15) is 4.79 Å². The third-order valence-electron chi connectivity index (χ3n) is 5.87. The molecule has 0 aliphatic carbocycles. The van der Waals surface area contributed by atoms with E-state index in [4.69, 9.17) is 0 Å². The number of carbonyl (C=O) groups excluding carboxylic acids is 1. The van der Waals surface area contributed by atoms with Crippen molar-refractivity contribution in [3.63, 3.8) is 0 Å². The highest BCUT2D eigenvalue weighted by atomic mass is 32.2. The zero-order valence-corrected chi connectivity index (χ0v) is 18.7. The van der Waals surface area contributed by atoms with Crippen LogP contribution in [0.25, 0.3) is 0 Å². The number of amides is 1. The number of benzene rings is 2. The summed E-state index contributed by atoms with van der Waals surface area (Å²) in [4.78, 5) is 19.7. The van der Waals surface area contributed by atoms with Crippen molar-refractivity contribution in [2.75, 3.05) is 27.0 Å². The lowest BCUT2D eigenvalue weighted by Gasteiger charge is -2.31. The van der Waals surface area contributed by atoms with Gasteiger partial charge in [-0.3, -0.25) is 9.78 Å². The van der Waals surface area contributed by atoms with Gasteiger partial charge in [0.25, 0.3) is 0 Å². The van der Waals surface area contributed by atoms with Gasteiger partial charge in [0.2, 0.25) is 6.41 Å². The second kappa shape index (κ2) is 8.96. The van der Waals surface area contributed by atoms with E-state index in [0.717, 1.165) is 43.0 Å². The lowest BCUT2D eigenvalue weighted by atomic mass is 9.98. The molecule has 3 heterocycles. The van der Waals surface area contributed by atoms with E-state index in [1.165, 1.54) is 22.5 Å². The minimum absolute atomic E-state index is 0.0932. The van der Waals surface area contributed by atoms with Gasteiger partial charge in [-0.2, -0.15) is 0 Å². The summed E-state index contributed by atoms with van der Waals surface area (Å²) in [6, 6.07) is 18.8. The van der Waals surface area contributed by atoms with Crippen molar-refractivity contribution in [3.8, 4) is 0 Å². The molecular formula is C25H25N5OS. The first-order valence-electron chi connectivity index (χ1n) is 10.7. The van der Waals surface area contributed by atoms with Gasteiger partial charge in [0.05, 0.1) is 11.9 Å². The summed E-state index contributed by atoms with van der Waals surface area (Å²) >= 11 is 1.76. The minimum Gasteiger partial charge on any atom is -0.367 e. The van der Waals surface area contributed by atoms with Crippen LogP contribution in [0.4, 0.5) is 22.7 Å². The molecule has 6 nitrogen and oxygen atoms in total. The number of rotatable bonds is 6. The number of hydrogen-bond donors (Lipinski definition) is 2. The molecule has 162 valence electrons. The number of allylic oxidation sites excluding steroid dienone is 1. The molecule has 3 aromatic rings. The summed E-state index contributed by atoms with van der Waals surface area (Å²) in [6.07, 6.45) is 5.42. The number of fused-ring (bicyclic) bond motifs is 1. The Morgan fingerprint density at radius 1 is 1.06 bits per heavy atom. The predicted molar refractivity (Wildman–Crippen MR) is 133 cm³/mol. The lowest BCUT2D eigenvalue weighted by molar-refractivity contribution is -0.105. The molecule has 0 fully saturated rings. The summed E-state index contributed by atoms with van der Waals surface area (Å²) in [5.74, 6) is 0. The Morgan fingerprint density at radius 3 is 2.69 bits per heavy atom. The zero-order valence-electron chi connectivity index (χ0n) is 17.9. The zero-order chi connectivity index (χ0) is 21.9. The van der Waals surface area contributed by atoms with Crippen LogP contribution in [-0.4, -0.2) is 23.4 Å². The van der Waals surface area contributed by atoms with Crippen molar-refractivity contribution in [1.82, 2.24) is 4.98 Å². The van der Waals surface area contributed by atoms with E-state index in [-0.39, 0.29) is 5.50 Å². The van der Waals surface area contributed by atoms with Crippen molar-refractivity contribution in [3.05, 3.63) is 89.2 Å². The third-order valence-corrected chi connectivity index (χ3v) is 6.94. The fourth-order valence-corrected chi connectivity index (χ4v) is 5.30. The molecule has 7 heteroatoms. The minimum atomic E-state index is 0.0932. The molecule has 0 radical (unpaired) electrons. The van der Waals surface area contributed by atoms with Crippen molar-refractivity contribution in [1.29, 1.82) is 0 Å². The maximum absolute atomic E-state index is 10.8. The highest BCUT2D eigenvalue weighted by Crippen LogP contribution is 2.36. The Balaban J connectivity index is 1.28. The molecule has 2 aliphatic heterocycles. The number of hydrogen-bond acceptors (Lipinski definition) is 6. The van der Waals surface area contributed by atoms with Crippen LogP contribution in [0.2, 0.25) is 0 Å². The second-order valence-corrected chi connectivity index (χ2v) is 8.89. The van der Waals surface area contributed by atoms with Crippen LogP contribution in [0.5, 0.6) is 0 Å². The number of carbonyl (C=O) groups is 1. The molecule has 0 saturated heterocycles. The molecular weight excluding hydrogens is 418 g/mol. The Bertz CT molecular complexity index is 1130. The maximum Gasteiger partial charge on any atom is 0.211 e. The topological polar surface area (TPSA) is 60.5 Å². The summed E-state index contributed by atoms with van der Waals surface area (Å²) in [7, 11) is 0. The van der Waals surface area contributed by atoms with Crippen molar-refractivity contribution in [2.45, 2.75) is 25.4 Å². The Kier molecular flexibility index (Phi) is 5.73. The smallest absolute Gasteiger partial charge is 0.211 e. The first-order chi connectivity index (χ1) is 15.7. The average Bonchev–Trinajstić information content (AvgIpc) is 3.19. The Labute approximate surface area is 192 Å². The van der Waals surface area contributed by atoms with Crippen LogP contribution in [0.3, 0.4) is 0 Å². The molecule has 2 aliphatic rings. The lowest BCUT2D eigenvalue weighted by Crippen LogP contribution is -2.34. The van der Waals surface area contributed by atoms with Gasteiger partial charge >= 0.3 is 0 Å². The average molecular weight is 444 g/mol. The number of pyridine rings is 1. The standard InChI is InChI=1S/C25H25N5OS/c1-18-16-32-25(30(18)24-3-2-11-26-14-24)28-21-6-8-23(9-7-21)29-12-10-19-4-5-22(27-17-31)13-20(19)15-29/h2-9,11,13-14,16-17,25,28H,10,12,15H2,1H3,(H,27,31). The fourth-order valence-electron chi connectivity index (χ4n) is 4.25. The first-order valence-corrected chi connectivity index (χ1v) is 11.6. The van der Waals surface area contributed by atoms with Crippen LogP contribution in [-0.2, 0) is 17.8 Å². The molecule has 1 aromatic heterocycles. The highest BCUT2D eigenvalue weighted by molar-refractivity contribution is 8.03. The molecule has 32 heavy (non-hydrogen) atoms. The van der Waals surface area contributed by atoms with Crippen molar-refractivity contribution >= 4 is 40.9 Å². The van der Waals surface area contributed by atoms with Crippen LogP contribution in [0, 0.1) is 0 Å². The monoisotopic (exact) mass is 443 g/mol. The molecule has 0 bridgehead atoms. The second-order valence-electron chi connectivity index (χ2n) is 7.94. The van der Waals surface area contributed by atoms with Gasteiger partial charge in [-0.05, 0) is 78.4 Å².